The molecule has 94 valence electrons. The van der Waals surface area contributed by atoms with Gasteiger partial charge in [0, 0.05) is 31.3 Å². The first kappa shape index (κ1) is 13.4. The van der Waals surface area contributed by atoms with E-state index in [4.69, 9.17) is 15.9 Å². The Balaban J connectivity index is 2.63. The zero-order chi connectivity index (χ0) is 12.7. The lowest BCUT2D eigenvalue weighted by molar-refractivity contribution is 0.280. The van der Waals surface area contributed by atoms with Gasteiger partial charge in [0.2, 0.25) is 5.88 Å². The van der Waals surface area contributed by atoms with Gasteiger partial charge in [-0.15, -0.1) is 0 Å². The maximum absolute atomic E-state index is 7.23. The lowest BCUT2D eigenvalue weighted by Gasteiger charge is -2.20. The number of methoxy groups -OCH3 is 1. The molecule has 0 radical (unpaired) electrons. The van der Waals surface area contributed by atoms with Crippen LogP contribution in [0.3, 0.4) is 0 Å². The smallest absolute Gasteiger partial charge is 0.217 e. The molecule has 0 aromatic carbocycles. The second-order valence-corrected chi connectivity index (χ2v) is 3.82. The van der Waals surface area contributed by atoms with E-state index in [0.717, 1.165) is 25.2 Å². The van der Waals surface area contributed by atoms with Crippen molar-refractivity contribution in [1.82, 2.24) is 9.88 Å². The maximum atomic E-state index is 7.23. The summed E-state index contributed by atoms with van der Waals surface area (Å²) in [6, 6.07) is 3.90. The average molecular weight is 236 g/mol. The summed E-state index contributed by atoms with van der Waals surface area (Å²) in [6.07, 6.45) is 2.31. The fraction of sp³-hybridized carbons (Fsp3) is 0.500. The molecule has 0 spiro atoms. The SMILES string of the molecule is CCN(CCC(=N)N)Cc1cccnc1OC. The summed E-state index contributed by atoms with van der Waals surface area (Å²) in [7, 11) is 1.62. The molecule has 1 heterocycles. The summed E-state index contributed by atoms with van der Waals surface area (Å²) < 4.78 is 5.21. The summed E-state index contributed by atoms with van der Waals surface area (Å²) >= 11 is 0. The molecule has 1 rings (SSSR count). The number of hydrogen-bond acceptors (Lipinski definition) is 4. The number of amidine groups is 1. The quantitative estimate of drug-likeness (QED) is 0.551. The molecule has 0 amide bonds. The van der Waals surface area contributed by atoms with Crippen molar-refractivity contribution >= 4 is 5.84 Å². The molecule has 0 bridgehead atoms. The van der Waals surface area contributed by atoms with E-state index in [1.807, 2.05) is 12.1 Å². The van der Waals surface area contributed by atoms with Gasteiger partial charge < -0.3 is 10.5 Å². The Labute approximate surface area is 102 Å². The van der Waals surface area contributed by atoms with Crippen molar-refractivity contribution in [3.05, 3.63) is 23.9 Å². The molecule has 0 atom stereocenters. The Hall–Kier alpha value is -1.62. The van der Waals surface area contributed by atoms with Crippen LogP contribution in [0.4, 0.5) is 0 Å². The lowest BCUT2D eigenvalue weighted by atomic mass is 10.2. The molecular formula is C12H20N4O. The number of nitrogens with zero attached hydrogens (tertiary/aromatic N) is 2. The molecule has 0 unspecified atom stereocenters. The van der Waals surface area contributed by atoms with Gasteiger partial charge >= 0.3 is 0 Å². The van der Waals surface area contributed by atoms with Crippen LogP contribution in [0.1, 0.15) is 18.9 Å². The fourth-order valence-corrected chi connectivity index (χ4v) is 1.60. The minimum Gasteiger partial charge on any atom is -0.481 e. The third kappa shape index (κ3) is 4.40. The molecule has 0 aliphatic heterocycles. The highest BCUT2D eigenvalue weighted by molar-refractivity contribution is 5.76. The first-order chi connectivity index (χ1) is 8.17. The van der Waals surface area contributed by atoms with Gasteiger partial charge in [-0.25, -0.2) is 4.98 Å². The summed E-state index contributed by atoms with van der Waals surface area (Å²) in [5, 5.41) is 7.23. The molecule has 17 heavy (non-hydrogen) atoms. The van der Waals surface area contributed by atoms with Gasteiger partial charge in [0.05, 0.1) is 12.9 Å². The van der Waals surface area contributed by atoms with Gasteiger partial charge in [-0.05, 0) is 12.6 Å². The molecule has 0 saturated heterocycles. The number of ether oxygens (including phenoxy) is 1. The topological polar surface area (TPSA) is 75.2 Å². The number of nitrogens with two attached hydrogens (primary N) is 1. The molecular weight excluding hydrogens is 216 g/mol. The minimum absolute atomic E-state index is 0.224. The van der Waals surface area contributed by atoms with E-state index in [0.29, 0.717) is 12.3 Å². The van der Waals surface area contributed by atoms with E-state index in [1.54, 1.807) is 13.3 Å². The molecule has 0 aliphatic carbocycles. The van der Waals surface area contributed by atoms with Gasteiger partial charge in [0.1, 0.15) is 0 Å². The van der Waals surface area contributed by atoms with E-state index < -0.39 is 0 Å². The normalized spacial score (nSPS) is 10.5. The Kier molecular flexibility index (Phi) is 5.42. The van der Waals surface area contributed by atoms with Crippen LogP contribution in [0.2, 0.25) is 0 Å². The van der Waals surface area contributed by atoms with Crippen molar-refractivity contribution in [1.29, 1.82) is 5.41 Å². The Morgan fingerprint density at radius 2 is 2.35 bits per heavy atom. The minimum atomic E-state index is 0.224. The van der Waals surface area contributed by atoms with Gasteiger partial charge in [-0.3, -0.25) is 10.3 Å². The van der Waals surface area contributed by atoms with Crippen LogP contribution >= 0.6 is 0 Å². The molecule has 5 nitrogen and oxygen atoms in total. The molecule has 5 heteroatoms. The number of nitrogens with one attached hydrogen (secondary N) is 1. The van der Waals surface area contributed by atoms with Crippen molar-refractivity contribution in [3.63, 3.8) is 0 Å². The first-order valence-electron chi connectivity index (χ1n) is 5.70. The third-order valence-electron chi connectivity index (χ3n) is 2.58. The number of pyridine rings is 1. The van der Waals surface area contributed by atoms with Crippen molar-refractivity contribution in [3.8, 4) is 5.88 Å². The monoisotopic (exact) mass is 236 g/mol. The van der Waals surface area contributed by atoms with E-state index in [-0.39, 0.29) is 5.84 Å². The van der Waals surface area contributed by atoms with Crippen LogP contribution in [0, 0.1) is 5.41 Å². The molecule has 1 aromatic heterocycles. The summed E-state index contributed by atoms with van der Waals surface area (Å²) in [4.78, 5) is 6.37. The van der Waals surface area contributed by atoms with E-state index >= 15 is 0 Å². The zero-order valence-corrected chi connectivity index (χ0v) is 10.4. The highest BCUT2D eigenvalue weighted by atomic mass is 16.5. The molecule has 0 aliphatic rings. The number of aromatic nitrogens is 1. The number of rotatable bonds is 7. The standard InChI is InChI=1S/C12H20N4O/c1-3-16(8-6-11(13)14)9-10-5-4-7-15-12(10)17-2/h4-5,7H,3,6,8-9H2,1-2H3,(H3,13,14). The van der Waals surface area contributed by atoms with Gasteiger partial charge in [-0.1, -0.05) is 13.0 Å². The summed E-state index contributed by atoms with van der Waals surface area (Å²) in [5.74, 6) is 0.885. The van der Waals surface area contributed by atoms with Gasteiger partial charge in [0.15, 0.2) is 0 Å². The molecule has 0 fully saturated rings. The first-order valence-corrected chi connectivity index (χ1v) is 5.70. The summed E-state index contributed by atoms with van der Waals surface area (Å²) in [5.41, 5.74) is 6.42. The van der Waals surface area contributed by atoms with Crippen molar-refractivity contribution in [2.45, 2.75) is 19.9 Å². The molecule has 1 aromatic rings. The second kappa shape index (κ2) is 6.85. The van der Waals surface area contributed by atoms with Crippen LogP contribution in [0.15, 0.2) is 18.3 Å². The second-order valence-electron chi connectivity index (χ2n) is 3.82. The van der Waals surface area contributed by atoms with Gasteiger partial charge in [-0.2, -0.15) is 0 Å². The highest BCUT2D eigenvalue weighted by Gasteiger charge is 2.09. The molecule has 0 saturated carbocycles. The zero-order valence-electron chi connectivity index (χ0n) is 10.4. The third-order valence-corrected chi connectivity index (χ3v) is 2.58. The van der Waals surface area contributed by atoms with Crippen LogP contribution in [-0.4, -0.2) is 35.9 Å². The lowest BCUT2D eigenvalue weighted by Crippen LogP contribution is -2.27. The highest BCUT2D eigenvalue weighted by Crippen LogP contribution is 2.15. The predicted molar refractivity (Wildman–Crippen MR) is 68.3 cm³/mol. The van der Waals surface area contributed by atoms with Crippen LogP contribution in [-0.2, 0) is 6.54 Å². The molecule has 3 N–H and O–H groups in total. The Morgan fingerprint density at radius 1 is 1.59 bits per heavy atom. The van der Waals surface area contributed by atoms with Crippen LogP contribution in [0.25, 0.3) is 0 Å². The van der Waals surface area contributed by atoms with Crippen molar-refractivity contribution in [2.75, 3.05) is 20.2 Å². The average Bonchev–Trinajstić information content (AvgIpc) is 2.34. The van der Waals surface area contributed by atoms with Crippen LogP contribution in [0.5, 0.6) is 5.88 Å². The van der Waals surface area contributed by atoms with E-state index in [2.05, 4.69) is 16.8 Å². The maximum Gasteiger partial charge on any atom is 0.217 e. The Bertz CT molecular complexity index is 367. The number of hydrogen-bond donors (Lipinski definition) is 2. The largest absolute Gasteiger partial charge is 0.481 e. The van der Waals surface area contributed by atoms with Crippen molar-refractivity contribution < 1.29 is 4.74 Å². The van der Waals surface area contributed by atoms with Crippen molar-refractivity contribution in [2.24, 2.45) is 5.73 Å². The van der Waals surface area contributed by atoms with E-state index in [9.17, 15) is 0 Å². The Morgan fingerprint density at radius 3 is 2.94 bits per heavy atom. The van der Waals surface area contributed by atoms with E-state index in [1.165, 1.54) is 0 Å². The predicted octanol–water partition coefficient (Wildman–Crippen LogP) is 1.24. The van der Waals surface area contributed by atoms with Crippen LogP contribution < -0.4 is 10.5 Å². The summed E-state index contributed by atoms with van der Waals surface area (Å²) in [6.45, 7) is 4.54. The fourth-order valence-electron chi connectivity index (χ4n) is 1.60. The van der Waals surface area contributed by atoms with Gasteiger partial charge in [0.25, 0.3) is 0 Å².